The number of hydrogen-bond donors (Lipinski definition) is 2. The first kappa shape index (κ1) is 14.7. The lowest BCUT2D eigenvalue weighted by Crippen LogP contribution is -2.20. The molecule has 2 N–H and O–H groups in total. The Labute approximate surface area is 111 Å². The van der Waals surface area contributed by atoms with Gasteiger partial charge in [0, 0.05) is 20.2 Å². The van der Waals surface area contributed by atoms with Gasteiger partial charge in [-0.15, -0.1) is 0 Å². The molecule has 6 heteroatoms. The molecule has 0 saturated carbocycles. The molecule has 0 bridgehead atoms. The van der Waals surface area contributed by atoms with Crippen molar-refractivity contribution in [1.82, 2.24) is 4.98 Å². The molecule has 18 heavy (non-hydrogen) atoms. The van der Waals surface area contributed by atoms with Gasteiger partial charge in [0.05, 0.1) is 5.02 Å². The van der Waals surface area contributed by atoms with Crippen molar-refractivity contribution in [3.63, 3.8) is 0 Å². The van der Waals surface area contributed by atoms with E-state index >= 15 is 0 Å². The summed E-state index contributed by atoms with van der Waals surface area (Å²) in [5.41, 5.74) is -0.128. The number of aliphatic hydroxyl groups is 1. The van der Waals surface area contributed by atoms with Gasteiger partial charge in [-0.3, -0.25) is 0 Å². The van der Waals surface area contributed by atoms with Crippen LogP contribution >= 0.6 is 11.6 Å². The smallest absolute Gasteiger partial charge is 0.356 e. The molecule has 100 valence electrons. The molecule has 0 fully saturated rings. The number of carboxylic acid groups (broad SMARTS) is 1. The van der Waals surface area contributed by atoms with Crippen LogP contribution in [0.2, 0.25) is 5.02 Å². The minimum atomic E-state index is -1.13. The fraction of sp³-hybridized carbons (Fsp3) is 0.500. The average molecular weight is 273 g/mol. The molecule has 0 aromatic carbocycles. The van der Waals surface area contributed by atoms with E-state index in [1.54, 1.807) is 6.07 Å². The molecule has 0 atom stereocenters. The van der Waals surface area contributed by atoms with E-state index < -0.39 is 5.97 Å². The number of carbonyl (C=O) groups is 1. The quantitative estimate of drug-likeness (QED) is 0.743. The number of hydrogen-bond acceptors (Lipinski definition) is 4. The third kappa shape index (κ3) is 4.16. The largest absolute Gasteiger partial charge is 0.476 e. The van der Waals surface area contributed by atoms with Gasteiger partial charge in [-0.2, -0.15) is 0 Å². The third-order valence-corrected chi connectivity index (χ3v) is 2.88. The number of aromatic nitrogens is 1. The first-order valence-electron chi connectivity index (χ1n) is 5.78. The first-order valence-corrected chi connectivity index (χ1v) is 6.16. The molecule has 0 unspecified atom stereocenters. The molecule has 1 aromatic rings. The van der Waals surface area contributed by atoms with E-state index in [1.165, 1.54) is 6.07 Å². The van der Waals surface area contributed by atoms with Crippen LogP contribution in [0.1, 0.15) is 29.8 Å². The van der Waals surface area contributed by atoms with E-state index in [1.807, 2.05) is 11.9 Å². The van der Waals surface area contributed by atoms with Crippen LogP contribution in [0.4, 0.5) is 5.82 Å². The lowest BCUT2D eigenvalue weighted by Gasteiger charge is -2.18. The average Bonchev–Trinajstić information content (AvgIpc) is 2.34. The zero-order chi connectivity index (χ0) is 13.5. The number of anilines is 1. The molecule has 0 radical (unpaired) electrons. The highest BCUT2D eigenvalue weighted by Gasteiger charge is 2.13. The molecule has 1 heterocycles. The van der Waals surface area contributed by atoms with Crippen LogP contribution in [0.15, 0.2) is 12.1 Å². The lowest BCUT2D eigenvalue weighted by atomic mass is 10.2. The van der Waals surface area contributed by atoms with Gasteiger partial charge >= 0.3 is 5.97 Å². The van der Waals surface area contributed by atoms with Gasteiger partial charge in [0.2, 0.25) is 0 Å². The highest BCUT2D eigenvalue weighted by molar-refractivity contribution is 6.33. The number of halogens is 1. The molecule has 0 spiro atoms. The Morgan fingerprint density at radius 1 is 1.39 bits per heavy atom. The van der Waals surface area contributed by atoms with Crippen molar-refractivity contribution in [2.45, 2.75) is 19.3 Å². The summed E-state index contributed by atoms with van der Waals surface area (Å²) in [5.74, 6) is -0.545. The second kappa shape index (κ2) is 7.18. The van der Waals surface area contributed by atoms with Crippen molar-refractivity contribution < 1.29 is 15.0 Å². The van der Waals surface area contributed by atoms with E-state index in [-0.39, 0.29) is 17.3 Å². The molecule has 5 nitrogen and oxygen atoms in total. The van der Waals surface area contributed by atoms with E-state index in [4.69, 9.17) is 21.8 Å². The minimum Gasteiger partial charge on any atom is -0.476 e. The van der Waals surface area contributed by atoms with E-state index in [2.05, 4.69) is 4.98 Å². The Kier molecular flexibility index (Phi) is 5.88. The number of nitrogens with zero attached hydrogens (tertiary/aromatic N) is 2. The fourth-order valence-electron chi connectivity index (χ4n) is 1.55. The summed E-state index contributed by atoms with van der Waals surface area (Å²) >= 11 is 5.75. The number of aliphatic hydroxyl groups excluding tert-OH is 1. The topological polar surface area (TPSA) is 73.7 Å². The molecular formula is C12H17ClN2O3. The summed E-state index contributed by atoms with van der Waals surface area (Å²) in [6, 6.07) is 3.23. The van der Waals surface area contributed by atoms with E-state index in [9.17, 15) is 4.79 Å². The fourth-order valence-corrected chi connectivity index (χ4v) is 1.73. The van der Waals surface area contributed by atoms with E-state index in [0.29, 0.717) is 5.82 Å². The van der Waals surface area contributed by atoms with Gasteiger partial charge in [-0.25, -0.2) is 9.78 Å². The summed E-state index contributed by atoms with van der Waals surface area (Å²) in [7, 11) is 1.85. The van der Waals surface area contributed by atoms with Crippen molar-refractivity contribution in [3.8, 4) is 0 Å². The summed E-state index contributed by atoms with van der Waals surface area (Å²) in [5, 5.41) is 17.7. The monoisotopic (exact) mass is 272 g/mol. The number of carboxylic acids is 1. The summed E-state index contributed by atoms with van der Waals surface area (Å²) in [6.45, 7) is 0.958. The predicted molar refractivity (Wildman–Crippen MR) is 70.4 cm³/mol. The van der Waals surface area contributed by atoms with Crippen LogP contribution in [0.5, 0.6) is 0 Å². The highest BCUT2D eigenvalue weighted by Crippen LogP contribution is 2.19. The Bertz CT molecular complexity index is 412. The van der Waals surface area contributed by atoms with E-state index in [0.717, 1.165) is 25.8 Å². The SMILES string of the molecule is CN(CCCCCO)c1ccc(Cl)c(C(=O)O)n1. The van der Waals surface area contributed by atoms with Gasteiger partial charge in [-0.1, -0.05) is 11.6 Å². The Morgan fingerprint density at radius 2 is 2.11 bits per heavy atom. The van der Waals surface area contributed by atoms with Gasteiger partial charge in [0.15, 0.2) is 5.69 Å². The summed E-state index contributed by atoms with van der Waals surface area (Å²) in [4.78, 5) is 16.8. The van der Waals surface area contributed by atoms with Gasteiger partial charge in [0.1, 0.15) is 5.82 Å². The second-order valence-corrected chi connectivity index (χ2v) is 4.42. The Balaban J connectivity index is 2.65. The van der Waals surface area contributed by atoms with Gasteiger partial charge in [-0.05, 0) is 31.4 Å². The molecule has 0 aliphatic rings. The van der Waals surface area contributed by atoms with Crippen molar-refractivity contribution in [2.24, 2.45) is 0 Å². The molecule has 0 amide bonds. The molecular weight excluding hydrogens is 256 g/mol. The van der Waals surface area contributed by atoms with Crippen LogP contribution in [0.3, 0.4) is 0 Å². The highest BCUT2D eigenvalue weighted by atomic mass is 35.5. The number of unbranched alkanes of at least 4 members (excludes halogenated alkanes) is 2. The van der Waals surface area contributed by atoms with Crippen LogP contribution < -0.4 is 4.90 Å². The molecule has 0 saturated heterocycles. The third-order valence-electron chi connectivity index (χ3n) is 2.58. The predicted octanol–water partition coefficient (Wildman–Crippen LogP) is 2.03. The maximum absolute atomic E-state index is 10.9. The summed E-state index contributed by atoms with van der Waals surface area (Å²) < 4.78 is 0. The van der Waals surface area contributed by atoms with Crippen LogP contribution in [0, 0.1) is 0 Å². The lowest BCUT2D eigenvalue weighted by molar-refractivity contribution is 0.0691. The number of pyridine rings is 1. The molecule has 0 aliphatic heterocycles. The zero-order valence-corrected chi connectivity index (χ0v) is 11.0. The second-order valence-electron chi connectivity index (χ2n) is 4.01. The number of rotatable bonds is 7. The normalized spacial score (nSPS) is 10.4. The van der Waals surface area contributed by atoms with Gasteiger partial charge in [0.25, 0.3) is 0 Å². The maximum atomic E-state index is 10.9. The standard InChI is InChI=1S/C12H17ClN2O3/c1-15(7-3-2-4-8-16)10-6-5-9(13)11(14-10)12(17)18/h5-6,16H,2-4,7-8H2,1H3,(H,17,18). The first-order chi connectivity index (χ1) is 8.56. The number of aromatic carboxylic acids is 1. The molecule has 1 rings (SSSR count). The zero-order valence-electron chi connectivity index (χ0n) is 10.3. The Hall–Kier alpha value is -1.33. The van der Waals surface area contributed by atoms with Crippen molar-refractivity contribution in [2.75, 3.05) is 25.1 Å². The Morgan fingerprint density at radius 3 is 2.72 bits per heavy atom. The minimum absolute atomic E-state index is 0.128. The van der Waals surface area contributed by atoms with Crippen LogP contribution in [0.25, 0.3) is 0 Å². The summed E-state index contributed by atoms with van der Waals surface area (Å²) in [6.07, 6.45) is 2.63. The van der Waals surface area contributed by atoms with Gasteiger partial charge < -0.3 is 15.1 Å². The molecule has 1 aromatic heterocycles. The van der Waals surface area contributed by atoms with Crippen molar-refractivity contribution in [3.05, 3.63) is 22.8 Å². The van der Waals surface area contributed by atoms with Crippen LogP contribution in [-0.4, -0.2) is 41.4 Å². The molecule has 0 aliphatic carbocycles. The van der Waals surface area contributed by atoms with Crippen molar-refractivity contribution >= 4 is 23.4 Å². The van der Waals surface area contributed by atoms with Crippen LogP contribution in [-0.2, 0) is 0 Å². The maximum Gasteiger partial charge on any atom is 0.356 e. The van der Waals surface area contributed by atoms with Crippen molar-refractivity contribution in [1.29, 1.82) is 0 Å².